The molecule has 0 saturated carbocycles. The first kappa shape index (κ1) is 39.2. The molecule has 0 saturated heterocycles. The van der Waals surface area contributed by atoms with E-state index in [0.29, 0.717) is 25.9 Å². The van der Waals surface area contributed by atoms with Crippen LogP contribution in [-0.2, 0) is 46.3 Å². The molecule has 0 unspecified atom stereocenters. The molecule has 50 heavy (non-hydrogen) atoms. The minimum absolute atomic E-state index is 0.000878. The Balaban J connectivity index is 1.73. The van der Waals surface area contributed by atoms with E-state index in [9.17, 15) is 33.9 Å². The molecule has 3 atom stereocenters. The molecule has 0 spiro atoms. The molecule has 0 radical (unpaired) electrons. The van der Waals surface area contributed by atoms with Crippen LogP contribution in [0.25, 0.3) is 10.9 Å². The quantitative estimate of drug-likeness (QED) is 0.0682. The number of aromatic nitrogens is 1. The van der Waals surface area contributed by atoms with E-state index in [-0.39, 0.29) is 32.2 Å². The minimum atomic E-state index is -1.42. The van der Waals surface area contributed by atoms with Crippen molar-refractivity contribution in [2.24, 2.45) is 0 Å². The first-order chi connectivity index (χ1) is 24.1. The standard InChI is InChI=1S/C37H49N5O8/c1-3-5-15-29(41-37(49)31(23-33(44)45)40-32(43)18-17-25-12-8-7-9-13-25)36(48)42-30(22-26-24-39-28-16-11-10-14-27(26)28)35(47)38-20-19-34(46)50-21-6-4-2/h7-14,16,24,29-31,39H,3-6,15,17-23H2,1-2H3,(H,38,47)(H,40,43)(H,41,49)(H,42,48)(H,44,45)/t29-,30+,31+/m1/s1. The number of carbonyl (C=O) groups is 6. The van der Waals surface area contributed by atoms with E-state index < -0.39 is 60.1 Å². The second-order valence-electron chi connectivity index (χ2n) is 12.1. The zero-order valence-corrected chi connectivity index (χ0v) is 28.8. The molecule has 13 heteroatoms. The van der Waals surface area contributed by atoms with Crippen LogP contribution >= 0.6 is 0 Å². The van der Waals surface area contributed by atoms with E-state index in [1.807, 2.05) is 68.4 Å². The molecule has 1 heterocycles. The van der Waals surface area contributed by atoms with E-state index in [4.69, 9.17) is 4.74 Å². The lowest BCUT2D eigenvalue weighted by Crippen LogP contribution is -2.57. The number of ether oxygens (including phenoxy) is 1. The molecule has 0 aliphatic heterocycles. The molecule has 13 nitrogen and oxygen atoms in total. The predicted octanol–water partition coefficient (Wildman–Crippen LogP) is 3.31. The number of aromatic amines is 1. The van der Waals surface area contributed by atoms with Crippen LogP contribution in [0.5, 0.6) is 0 Å². The lowest BCUT2D eigenvalue weighted by atomic mass is 10.0. The van der Waals surface area contributed by atoms with Crippen molar-refractivity contribution >= 4 is 46.5 Å². The Morgan fingerprint density at radius 2 is 1.46 bits per heavy atom. The fourth-order valence-electron chi connectivity index (χ4n) is 5.32. The molecular formula is C37H49N5O8. The van der Waals surface area contributed by atoms with Gasteiger partial charge in [0, 0.05) is 36.5 Å². The summed E-state index contributed by atoms with van der Waals surface area (Å²) in [5, 5.41) is 21.0. The fourth-order valence-corrected chi connectivity index (χ4v) is 5.32. The number of amides is 4. The van der Waals surface area contributed by atoms with E-state index >= 15 is 0 Å². The van der Waals surface area contributed by atoms with Gasteiger partial charge in [0.05, 0.1) is 19.4 Å². The van der Waals surface area contributed by atoms with E-state index in [2.05, 4.69) is 26.3 Å². The lowest BCUT2D eigenvalue weighted by molar-refractivity contribution is -0.144. The summed E-state index contributed by atoms with van der Waals surface area (Å²) in [5.41, 5.74) is 2.54. The number of unbranched alkanes of at least 4 members (excludes halogenated alkanes) is 2. The van der Waals surface area contributed by atoms with Crippen LogP contribution in [0.1, 0.15) is 76.3 Å². The number of fused-ring (bicyclic) bond motifs is 1. The average Bonchev–Trinajstić information content (AvgIpc) is 3.51. The number of benzene rings is 2. The number of hydrogen-bond donors (Lipinski definition) is 6. The number of para-hydroxylation sites is 1. The van der Waals surface area contributed by atoms with E-state index in [1.54, 1.807) is 6.20 Å². The van der Waals surface area contributed by atoms with Crippen molar-refractivity contribution in [2.75, 3.05) is 13.2 Å². The van der Waals surface area contributed by atoms with Crippen molar-refractivity contribution in [3.05, 3.63) is 71.9 Å². The van der Waals surface area contributed by atoms with Crippen LogP contribution in [0.2, 0.25) is 0 Å². The molecule has 6 N–H and O–H groups in total. The highest BCUT2D eigenvalue weighted by Crippen LogP contribution is 2.19. The maximum atomic E-state index is 13.8. The molecule has 4 amide bonds. The fraction of sp³-hybridized carbons (Fsp3) is 0.459. The van der Waals surface area contributed by atoms with Gasteiger partial charge in [-0.15, -0.1) is 0 Å². The lowest BCUT2D eigenvalue weighted by Gasteiger charge is -2.25. The second-order valence-corrected chi connectivity index (χ2v) is 12.1. The summed E-state index contributed by atoms with van der Waals surface area (Å²) in [6, 6.07) is 13.2. The van der Waals surface area contributed by atoms with Gasteiger partial charge in [-0.3, -0.25) is 28.8 Å². The molecule has 3 aromatic rings. The van der Waals surface area contributed by atoms with Gasteiger partial charge in [0.1, 0.15) is 18.1 Å². The largest absolute Gasteiger partial charge is 0.481 e. The maximum absolute atomic E-state index is 13.8. The zero-order chi connectivity index (χ0) is 36.3. The van der Waals surface area contributed by atoms with Crippen molar-refractivity contribution in [3.8, 4) is 0 Å². The Hall–Kier alpha value is -5.20. The van der Waals surface area contributed by atoms with Gasteiger partial charge in [-0.05, 0) is 36.5 Å². The number of carboxylic acid groups (broad SMARTS) is 1. The van der Waals surface area contributed by atoms with Crippen molar-refractivity contribution in [2.45, 2.75) is 96.2 Å². The Kier molecular flexibility index (Phi) is 16.5. The Bertz CT molecular complexity index is 1570. The number of aryl methyl sites for hydroxylation is 1. The highest BCUT2D eigenvalue weighted by Gasteiger charge is 2.31. The molecule has 1 aromatic heterocycles. The highest BCUT2D eigenvalue weighted by atomic mass is 16.5. The monoisotopic (exact) mass is 691 g/mol. The average molecular weight is 692 g/mol. The number of carboxylic acids is 1. The Morgan fingerprint density at radius 1 is 0.780 bits per heavy atom. The number of esters is 1. The summed E-state index contributed by atoms with van der Waals surface area (Å²) in [5.74, 6) is -4.24. The van der Waals surface area contributed by atoms with Gasteiger partial charge in [0.2, 0.25) is 23.6 Å². The molecule has 0 aliphatic carbocycles. The number of nitrogens with one attached hydrogen (secondary N) is 5. The third-order valence-corrected chi connectivity index (χ3v) is 8.11. The van der Waals surface area contributed by atoms with Gasteiger partial charge in [-0.2, -0.15) is 0 Å². The number of aliphatic carboxylic acids is 1. The molecule has 270 valence electrons. The molecule has 0 fully saturated rings. The Labute approximate surface area is 292 Å². The summed E-state index contributed by atoms with van der Waals surface area (Å²) in [6.45, 7) is 4.20. The SMILES string of the molecule is CCCCOC(=O)CCNC(=O)[C@H](Cc1c[nH]c2ccccc12)NC(=O)[C@@H](CCCC)NC(=O)[C@H](CC(=O)O)NC(=O)CCc1ccccc1. The topological polar surface area (TPSA) is 196 Å². The first-order valence-corrected chi connectivity index (χ1v) is 17.2. The number of rotatable bonds is 22. The third kappa shape index (κ3) is 13.4. The molecule has 3 rings (SSSR count). The van der Waals surface area contributed by atoms with Gasteiger partial charge in [-0.25, -0.2) is 0 Å². The highest BCUT2D eigenvalue weighted by molar-refractivity contribution is 5.96. The molecule has 0 aliphatic rings. The Morgan fingerprint density at radius 3 is 2.18 bits per heavy atom. The van der Waals surface area contributed by atoms with Gasteiger partial charge in [-0.1, -0.05) is 81.6 Å². The van der Waals surface area contributed by atoms with Crippen molar-refractivity contribution in [3.63, 3.8) is 0 Å². The minimum Gasteiger partial charge on any atom is -0.481 e. The predicted molar refractivity (Wildman–Crippen MR) is 188 cm³/mol. The van der Waals surface area contributed by atoms with Crippen LogP contribution in [0, 0.1) is 0 Å². The van der Waals surface area contributed by atoms with Crippen LogP contribution in [0.3, 0.4) is 0 Å². The first-order valence-electron chi connectivity index (χ1n) is 17.2. The van der Waals surface area contributed by atoms with Crippen molar-refractivity contribution < 1.29 is 38.6 Å². The van der Waals surface area contributed by atoms with Gasteiger partial charge >= 0.3 is 11.9 Å². The third-order valence-electron chi connectivity index (χ3n) is 8.11. The summed E-state index contributed by atoms with van der Waals surface area (Å²) in [4.78, 5) is 80.2. The maximum Gasteiger partial charge on any atom is 0.307 e. The second kappa shape index (κ2) is 21.0. The van der Waals surface area contributed by atoms with Crippen LogP contribution < -0.4 is 21.3 Å². The van der Waals surface area contributed by atoms with Crippen molar-refractivity contribution in [1.29, 1.82) is 0 Å². The van der Waals surface area contributed by atoms with Crippen LogP contribution in [-0.4, -0.2) is 76.9 Å². The van der Waals surface area contributed by atoms with Crippen molar-refractivity contribution in [1.82, 2.24) is 26.3 Å². The molecular weight excluding hydrogens is 642 g/mol. The number of H-pyrrole nitrogens is 1. The normalized spacial score (nSPS) is 12.7. The summed E-state index contributed by atoms with van der Waals surface area (Å²) >= 11 is 0. The van der Waals surface area contributed by atoms with Gasteiger partial charge in [0.25, 0.3) is 0 Å². The van der Waals surface area contributed by atoms with Gasteiger partial charge < -0.3 is 36.1 Å². The molecule has 2 aromatic carbocycles. The van der Waals surface area contributed by atoms with E-state index in [1.165, 1.54) is 0 Å². The summed E-state index contributed by atoms with van der Waals surface area (Å²) < 4.78 is 5.16. The van der Waals surface area contributed by atoms with E-state index in [0.717, 1.165) is 34.9 Å². The number of hydrogen-bond acceptors (Lipinski definition) is 7. The molecule has 0 bridgehead atoms. The van der Waals surface area contributed by atoms with Gasteiger partial charge in [0.15, 0.2) is 0 Å². The van der Waals surface area contributed by atoms with Crippen LogP contribution in [0.4, 0.5) is 0 Å². The zero-order valence-electron chi connectivity index (χ0n) is 28.8. The van der Waals surface area contributed by atoms with Crippen LogP contribution in [0.15, 0.2) is 60.8 Å². The smallest absolute Gasteiger partial charge is 0.307 e. The summed E-state index contributed by atoms with van der Waals surface area (Å²) in [7, 11) is 0. The number of carbonyl (C=O) groups excluding carboxylic acids is 5. The summed E-state index contributed by atoms with van der Waals surface area (Å²) in [6.07, 6.45) is 4.65.